The zero-order chi connectivity index (χ0) is 21.5. The second kappa shape index (κ2) is 9.96. The molecule has 3 aromatic rings. The molecule has 0 saturated heterocycles. The number of guanidine groups is 1. The quantitative estimate of drug-likeness (QED) is 0.418. The number of carbonyl (C=O) groups is 1. The van der Waals surface area contributed by atoms with E-state index in [1.54, 1.807) is 26.0 Å². The molecule has 0 radical (unpaired) electrons. The van der Waals surface area contributed by atoms with E-state index in [0.29, 0.717) is 5.56 Å². The van der Waals surface area contributed by atoms with Gasteiger partial charge in [-0.1, -0.05) is 30.3 Å². The summed E-state index contributed by atoms with van der Waals surface area (Å²) in [5.41, 5.74) is 5.58. The van der Waals surface area contributed by atoms with Gasteiger partial charge in [0.05, 0.1) is 0 Å². The third-order valence-electron chi connectivity index (χ3n) is 5.20. The van der Waals surface area contributed by atoms with E-state index in [1.165, 1.54) is 22.2 Å². The van der Waals surface area contributed by atoms with E-state index in [-0.39, 0.29) is 5.91 Å². The van der Waals surface area contributed by atoms with Crippen LogP contribution in [0.25, 0.3) is 10.9 Å². The van der Waals surface area contributed by atoms with Crippen molar-refractivity contribution < 1.29 is 4.79 Å². The SMILES string of the molecule is CN=C(NCCc1cccc(C(=O)N(C)C)c1)NCCc1c(C)[nH]c2ccccc12. The largest absolute Gasteiger partial charge is 0.358 e. The van der Waals surface area contributed by atoms with E-state index in [9.17, 15) is 4.79 Å². The number of nitrogens with one attached hydrogen (secondary N) is 3. The van der Waals surface area contributed by atoms with E-state index in [1.807, 2.05) is 24.3 Å². The maximum Gasteiger partial charge on any atom is 0.253 e. The van der Waals surface area contributed by atoms with Crippen molar-refractivity contribution in [3.8, 4) is 0 Å². The normalized spacial score (nSPS) is 11.5. The fraction of sp³-hybridized carbons (Fsp3) is 0.333. The lowest BCUT2D eigenvalue weighted by Gasteiger charge is -2.13. The number of aliphatic imine (C=N–C) groups is 1. The van der Waals surface area contributed by atoms with Crippen LogP contribution in [-0.4, -0.2) is 56.0 Å². The molecule has 0 aliphatic heterocycles. The van der Waals surface area contributed by atoms with Gasteiger partial charge < -0.3 is 20.5 Å². The summed E-state index contributed by atoms with van der Waals surface area (Å²) < 4.78 is 0. The van der Waals surface area contributed by atoms with E-state index in [2.05, 4.69) is 51.8 Å². The summed E-state index contributed by atoms with van der Waals surface area (Å²) in [6.45, 7) is 3.66. The number of fused-ring (bicyclic) bond motifs is 1. The highest BCUT2D eigenvalue weighted by atomic mass is 16.2. The van der Waals surface area contributed by atoms with Gasteiger partial charge in [0.15, 0.2) is 5.96 Å². The van der Waals surface area contributed by atoms with Crippen LogP contribution in [-0.2, 0) is 12.8 Å². The predicted molar refractivity (Wildman–Crippen MR) is 124 cm³/mol. The van der Waals surface area contributed by atoms with Crippen LogP contribution in [0.4, 0.5) is 0 Å². The Bertz CT molecular complexity index is 1040. The Morgan fingerprint density at radius 2 is 1.77 bits per heavy atom. The highest BCUT2D eigenvalue weighted by molar-refractivity contribution is 5.94. The van der Waals surface area contributed by atoms with Gasteiger partial charge in [-0.3, -0.25) is 9.79 Å². The minimum Gasteiger partial charge on any atom is -0.358 e. The van der Waals surface area contributed by atoms with Crippen LogP contribution >= 0.6 is 0 Å². The van der Waals surface area contributed by atoms with Crippen LogP contribution in [0.3, 0.4) is 0 Å². The van der Waals surface area contributed by atoms with Gasteiger partial charge in [0.1, 0.15) is 0 Å². The number of nitrogens with zero attached hydrogens (tertiary/aromatic N) is 2. The number of aromatic amines is 1. The minimum absolute atomic E-state index is 0.0230. The van der Waals surface area contributed by atoms with Gasteiger partial charge in [-0.25, -0.2) is 0 Å². The first-order valence-electron chi connectivity index (χ1n) is 10.3. The minimum atomic E-state index is 0.0230. The molecule has 0 bridgehead atoms. The molecule has 3 N–H and O–H groups in total. The van der Waals surface area contributed by atoms with E-state index in [0.717, 1.165) is 37.5 Å². The van der Waals surface area contributed by atoms with Gasteiger partial charge in [0.25, 0.3) is 5.91 Å². The summed E-state index contributed by atoms with van der Waals surface area (Å²) in [5.74, 6) is 0.808. The molecule has 6 heteroatoms. The van der Waals surface area contributed by atoms with Crippen molar-refractivity contribution in [2.45, 2.75) is 19.8 Å². The maximum atomic E-state index is 12.1. The first kappa shape index (κ1) is 21.4. The second-order valence-corrected chi connectivity index (χ2v) is 7.60. The first-order chi connectivity index (χ1) is 14.5. The highest BCUT2D eigenvalue weighted by Crippen LogP contribution is 2.21. The van der Waals surface area contributed by atoms with Crippen molar-refractivity contribution in [2.24, 2.45) is 4.99 Å². The average molecular weight is 406 g/mol. The van der Waals surface area contributed by atoms with E-state index >= 15 is 0 Å². The number of H-pyrrole nitrogens is 1. The Kier molecular flexibility index (Phi) is 7.12. The summed E-state index contributed by atoms with van der Waals surface area (Å²) >= 11 is 0. The monoisotopic (exact) mass is 405 g/mol. The third-order valence-corrected chi connectivity index (χ3v) is 5.20. The van der Waals surface area contributed by atoms with Crippen LogP contribution < -0.4 is 10.6 Å². The molecule has 1 aromatic heterocycles. The number of aromatic nitrogens is 1. The molecule has 1 amide bonds. The van der Waals surface area contributed by atoms with Crippen LogP contribution in [0.1, 0.15) is 27.2 Å². The molecule has 30 heavy (non-hydrogen) atoms. The lowest BCUT2D eigenvalue weighted by molar-refractivity contribution is 0.0827. The second-order valence-electron chi connectivity index (χ2n) is 7.60. The average Bonchev–Trinajstić information content (AvgIpc) is 3.07. The van der Waals surface area contributed by atoms with Crippen molar-refractivity contribution in [3.05, 3.63) is 70.9 Å². The molecule has 2 aromatic carbocycles. The molecule has 158 valence electrons. The summed E-state index contributed by atoms with van der Waals surface area (Å²) in [5, 5.41) is 8.04. The zero-order valence-electron chi connectivity index (χ0n) is 18.2. The molecule has 0 unspecified atom stereocenters. The maximum absolute atomic E-state index is 12.1. The van der Waals surface area contributed by atoms with Gasteiger partial charge in [-0.05, 0) is 49.1 Å². The van der Waals surface area contributed by atoms with Crippen molar-refractivity contribution in [1.82, 2.24) is 20.5 Å². The van der Waals surface area contributed by atoms with Crippen LogP contribution in [0.5, 0.6) is 0 Å². The third kappa shape index (κ3) is 5.20. The standard InChI is InChI=1S/C24H31N5O/c1-17-20(21-10-5-6-11-22(21)28-17)13-15-27-24(25-2)26-14-12-18-8-7-9-19(16-18)23(30)29(3)4/h5-11,16,28H,12-15H2,1-4H3,(H2,25,26,27). The molecule has 0 fully saturated rings. The smallest absolute Gasteiger partial charge is 0.253 e. The van der Waals surface area contributed by atoms with Gasteiger partial charge in [-0.2, -0.15) is 0 Å². The van der Waals surface area contributed by atoms with Gasteiger partial charge in [0, 0.05) is 56.4 Å². The van der Waals surface area contributed by atoms with Crippen molar-refractivity contribution in [3.63, 3.8) is 0 Å². The number of amides is 1. The Morgan fingerprint density at radius 1 is 1.03 bits per heavy atom. The molecule has 0 saturated carbocycles. The fourth-order valence-electron chi connectivity index (χ4n) is 3.63. The number of carbonyl (C=O) groups excluding carboxylic acids is 1. The van der Waals surface area contributed by atoms with Crippen molar-refractivity contribution >= 4 is 22.8 Å². The van der Waals surface area contributed by atoms with Crippen LogP contribution in [0.2, 0.25) is 0 Å². The Hall–Kier alpha value is -3.28. The molecular weight excluding hydrogens is 374 g/mol. The van der Waals surface area contributed by atoms with Gasteiger partial charge in [0.2, 0.25) is 0 Å². The number of rotatable bonds is 7. The Morgan fingerprint density at radius 3 is 2.50 bits per heavy atom. The molecule has 1 heterocycles. The number of hydrogen-bond acceptors (Lipinski definition) is 2. The van der Waals surface area contributed by atoms with Crippen LogP contribution in [0.15, 0.2) is 53.5 Å². The summed E-state index contributed by atoms with van der Waals surface area (Å²) in [6, 6.07) is 16.2. The van der Waals surface area contributed by atoms with Crippen molar-refractivity contribution in [2.75, 3.05) is 34.2 Å². The summed E-state index contributed by atoms with van der Waals surface area (Å²) in [4.78, 5) is 21.5. The lowest BCUT2D eigenvalue weighted by atomic mass is 10.1. The molecule has 0 aliphatic rings. The number of aryl methyl sites for hydroxylation is 1. The zero-order valence-corrected chi connectivity index (χ0v) is 18.2. The van der Waals surface area contributed by atoms with Gasteiger partial charge in [-0.15, -0.1) is 0 Å². The summed E-state index contributed by atoms with van der Waals surface area (Å²) in [6.07, 6.45) is 1.74. The molecule has 0 aliphatic carbocycles. The van der Waals surface area contributed by atoms with Gasteiger partial charge >= 0.3 is 0 Å². The molecule has 0 spiro atoms. The fourth-order valence-corrected chi connectivity index (χ4v) is 3.63. The highest BCUT2D eigenvalue weighted by Gasteiger charge is 2.09. The Balaban J connectivity index is 1.49. The number of hydrogen-bond donors (Lipinski definition) is 3. The molecule has 3 rings (SSSR count). The summed E-state index contributed by atoms with van der Waals surface area (Å²) in [7, 11) is 5.32. The predicted octanol–water partition coefficient (Wildman–Crippen LogP) is 3.13. The molecule has 0 atom stereocenters. The van der Waals surface area contributed by atoms with E-state index < -0.39 is 0 Å². The number of benzene rings is 2. The lowest BCUT2D eigenvalue weighted by Crippen LogP contribution is -2.39. The molecular formula is C24H31N5O. The molecule has 6 nitrogen and oxygen atoms in total. The van der Waals surface area contributed by atoms with Crippen LogP contribution in [0, 0.1) is 6.92 Å². The Labute approximate surface area is 178 Å². The van der Waals surface area contributed by atoms with E-state index in [4.69, 9.17) is 0 Å². The van der Waals surface area contributed by atoms with Crippen molar-refractivity contribution in [1.29, 1.82) is 0 Å². The first-order valence-corrected chi connectivity index (χ1v) is 10.3. The topological polar surface area (TPSA) is 72.5 Å². The number of para-hydroxylation sites is 1.